The number of nitrogens with zero attached hydrogens (tertiary/aromatic N) is 1. The SMILES string of the molecule is CCCn1cccc1CNc1ccc(Cl)cc1I. The van der Waals surface area contributed by atoms with E-state index in [1.54, 1.807) is 0 Å². The highest BCUT2D eigenvalue weighted by Gasteiger charge is 2.03. The fourth-order valence-corrected chi connectivity index (χ4v) is 2.95. The maximum atomic E-state index is 5.95. The molecule has 0 spiro atoms. The van der Waals surface area contributed by atoms with Crippen LogP contribution in [0, 0.1) is 3.57 Å². The number of aryl methyl sites for hydroxylation is 1. The molecule has 0 aliphatic rings. The normalized spacial score (nSPS) is 10.6. The van der Waals surface area contributed by atoms with Gasteiger partial charge in [0.15, 0.2) is 0 Å². The smallest absolute Gasteiger partial charge is 0.0553 e. The number of nitrogens with one attached hydrogen (secondary N) is 1. The first kappa shape index (κ1) is 13.7. The van der Waals surface area contributed by atoms with E-state index in [4.69, 9.17) is 11.6 Å². The number of hydrogen-bond donors (Lipinski definition) is 1. The largest absolute Gasteiger partial charge is 0.379 e. The van der Waals surface area contributed by atoms with Crippen molar-refractivity contribution >= 4 is 39.9 Å². The van der Waals surface area contributed by atoms with Gasteiger partial charge < -0.3 is 9.88 Å². The topological polar surface area (TPSA) is 17.0 Å². The average Bonchev–Trinajstić information content (AvgIpc) is 2.76. The monoisotopic (exact) mass is 374 g/mol. The molecule has 2 aromatic rings. The van der Waals surface area contributed by atoms with Crippen LogP contribution in [0.3, 0.4) is 0 Å². The summed E-state index contributed by atoms with van der Waals surface area (Å²) >= 11 is 8.25. The van der Waals surface area contributed by atoms with Crippen molar-refractivity contribution in [3.05, 3.63) is 50.8 Å². The molecule has 96 valence electrons. The Balaban J connectivity index is 2.04. The fraction of sp³-hybridized carbons (Fsp3) is 0.286. The molecule has 1 aromatic heterocycles. The molecule has 1 aromatic carbocycles. The van der Waals surface area contributed by atoms with Crippen LogP contribution in [0.4, 0.5) is 5.69 Å². The molecule has 18 heavy (non-hydrogen) atoms. The molecule has 1 N–H and O–H groups in total. The maximum Gasteiger partial charge on any atom is 0.0553 e. The van der Waals surface area contributed by atoms with Crippen molar-refractivity contribution < 1.29 is 0 Å². The second kappa shape index (κ2) is 6.48. The van der Waals surface area contributed by atoms with Crippen LogP contribution < -0.4 is 5.32 Å². The highest BCUT2D eigenvalue weighted by Crippen LogP contribution is 2.22. The minimum Gasteiger partial charge on any atom is -0.379 e. The second-order valence-corrected chi connectivity index (χ2v) is 5.77. The van der Waals surface area contributed by atoms with Crippen molar-refractivity contribution in [2.75, 3.05) is 5.32 Å². The lowest BCUT2D eigenvalue weighted by atomic mass is 10.3. The number of rotatable bonds is 5. The molecule has 0 saturated heterocycles. The molecule has 0 saturated carbocycles. The molecule has 2 nitrogen and oxygen atoms in total. The summed E-state index contributed by atoms with van der Waals surface area (Å²) in [7, 11) is 0. The molecule has 0 aliphatic heterocycles. The van der Waals surface area contributed by atoms with E-state index in [1.165, 1.54) is 5.69 Å². The summed E-state index contributed by atoms with van der Waals surface area (Å²) in [5.74, 6) is 0. The molecule has 0 fully saturated rings. The van der Waals surface area contributed by atoms with Crippen molar-refractivity contribution in [3.8, 4) is 0 Å². The predicted molar refractivity (Wildman–Crippen MR) is 86.2 cm³/mol. The Morgan fingerprint density at radius 2 is 2.17 bits per heavy atom. The van der Waals surface area contributed by atoms with Crippen LogP contribution in [0.25, 0.3) is 0 Å². The highest BCUT2D eigenvalue weighted by atomic mass is 127. The predicted octanol–water partition coefficient (Wildman–Crippen LogP) is 4.77. The van der Waals surface area contributed by atoms with Gasteiger partial charge in [-0.15, -0.1) is 0 Å². The summed E-state index contributed by atoms with van der Waals surface area (Å²) in [5, 5.41) is 4.23. The van der Waals surface area contributed by atoms with Gasteiger partial charge in [-0.25, -0.2) is 0 Å². The van der Waals surface area contributed by atoms with Gasteiger partial charge in [0.25, 0.3) is 0 Å². The minimum absolute atomic E-state index is 0.777. The van der Waals surface area contributed by atoms with E-state index in [2.05, 4.69) is 57.7 Å². The van der Waals surface area contributed by atoms with Gasteiger partial charge in [-0.3, -0.25) is 0 Å². The summed E-state index contributed by atoms with van der Waals surface area (Å²) in [5.41, 5.74) is 2.44. The molecule has 0 bridgehead atoms. The lowest BCUT2D eigenvalue weighted by Gasteiger charge is -2.11. The third-order valence-corrected chi connectivity index (χ3v) is 3.91. The van der Waals surface area contributed by atoms with E-state index in [-0.39, 0.29) is 0 Å². The summed E-state index contributed by atoms with van der Waals surface area (Å²) < 4.78 is 3.43. The van der Waals surface area contributed by atoms with E-state index in [0.29, 0.717) is 0 Å². The Morgan fingerprint density at radius 1 is 1.33 bits per heavy atom. The van der Waals surface area contributed by atoms with Gasteiger partial charge in [-0.05, 0) is 59.3 Å². The number of anilines is 1. The zero-order chi connectivity index (χ0) is 13.0. The zero-order valence-electron chi connectivity index (χ0n) is 10.3. The van der Waals surface area contributed by atoms with Crippen LogP contribution in [0.15, 0.2) is 36.5 Å². The van der Waals surface area contributed by atoms with Crippen LogP contribution in [0.5, 0.6) is 0 Å². The van der Waals surface area contributed by atoms with Crippen LogP contribution >= 0.6 is 34.2 Å². The molecule has 1 heterocycles. The molecular formula is C14H16ClIN2. The number of benzene rings is 1. The van der Waals surface area contributed by atoms with Crippen molar-refractivity contribution in [1.29, 1.82) is 0 Å². The van der Waals surface area contributed by atoms with Gasteiger partial charge in [0.2, 0.25) is 0 Å². The highest BCUT2D eigenvalue weighted by molar-refractivity contribution is 14.1. The van der Waals surface area contributed by atoms with Crippen LogP contribution in [-0.4, -0.2) is 4.57 Å². The minimum atomic E-state index is 0.777. The summed E-state index contributed by atoms with van der Waals surface area (Å²) in [6.07, 6.45) is 3.29. The van der Waals surface area contributed by atoms with Gasteiger partial charge in [0.1, 0.15) is 0 Å². The van der Waals surface area contributed by atoms with Crippen molar-refractivity contribution in [2.45, 2.75) is 26.4 Å². The van der Waals surface area contributed by atoms with Crippen LogP contribution in [-0.2, 0) is 13.1 Å². The van der Waals surface area contributed by atoms with Crippen molar-refractivity contribution in [1.82, 2.24) is 4.57 Å². The van der Waals surface area contributed by atoms with E-state index in [9.17, 15) is 0 Å². The summed E-state index contributed by atoms with van der Waals surface area (Å²) in [6, 6.07) is 10.2. The van der Waals surface area contributed by atoms with Crippen molar-refractivity contribution in [2.24, 2.45) is 0 Å². The van der Waals surface area contributed by atoms with Gasteiger partial charge in [-0.2, -0.15) is 0 Å². The third-order valence-electron chi connectivity index (χ3n) is 2.78. The molecule has 4 heteroatoms. The van der Waals surface area contributed by atoms with E-state index in [0.717, 1.165) is 33.8 Å². The van der Waals surface area contributed by atoms with E-state index < -0.39 is 0 Å². The maximum absolute atomic E-state index is 5.95. The van der Waals surface area contributed by atoms with Gasteiger partial charge >= 0.3 is 0 Å². The standard InChI is InChI=1S/C14H16ClIN2/c1-2-7-18-8-3-4-12(18)10-17-14-6-5-11(15)9-13(14)16/h3-6,8-9,17H,2,7,10H2,1H3. The van der Waals surface area contributed by atoms with Gasteiger partial charge in [-0.1, -0.05) is 18.5 Å². The molecule has 0 amide bonds. The van der Waals surface area contributed by atoms with Gasteiger partial charge in [0.05, 0.1) is 6.54 Å². The average molecular weight is 375 g/mol. The first-order valence-corrected chi connectivity index (χ1v) is 7.49. The Morgan fingerprint density at radius 3 is 2.89 bits per heavy atom. The molecule has 0 atom stereocenters. The zero-order valence-corrected chi connectivity index (χ0v) is 13.2. The molecular weight excluding hydrogens is 359 g/mol. The first-order chi connectivity index (χ1) is 8.70. The Hall–Kier alpha value is -0.680. The fourth-order valence-electron chi connectivity index (χ4n) is 1.89. The Labute approximate surface area is 126 Å². The molecule has 2 rings (SSSR count). The first-order valence-electron chi connectivity index (χ1n) is 6.03. The van der Waals surface area contributed by atoms with Crippen molar-refractivity contribution in [3.63, 3.8) is 0 Å². The third kappa shape index (κ3) is 3.42. The number of aromatic nitrogens is 1. The molecule has 0 radical (unpaired) electrons. The quantitative estimate of drug-likeness (QED) is 0.746. The van der Waals surface area contributed by atoms with Crippen LogP contribution in [0.1, 0.15) is 19.0 Å². The molecule has 0 unspecified atom stereocenters. The Kier molecular flexibility index (Phi) is 4.95. The summed E-state index contributed by atoms with van der Waals surface area (Å²) in [6.45, 7) is 4.10. The molecule has 0 aliphatic carbocycles. The lowest BCUT2D eigenvalue weighted by Crippen LogP contribution is -2.07. The van der Waals surface area contributed by atoms with Crippen LogP contribution in [0.2, 0.25) is 5.02 Å². The number of hydrogen-bond acceptors (Lipinski definition) is 1. The second-order valence-electron chi connectivity index (χ2n) is 4.17. The Bertz CT molecular complexity index is 522. The lowest BCUT2D eigenvalue weighted by molar-refractivity contribution is 0.654. The van der Waals surface area contributed by atoms with E-state index in [1.807, 2.05) is 18.2 Å². The van der Waals surface area contributed by atoms with E-state index >= 15 is 0 Å². The number of halogens is 2. The summed E-state index contributed by atoms with van der Waals surface area (Å²) in [4.78, 5) is 0. The van der Waals surface area contributed by atoms with Gasteiger partial charge in [0, 0.05) is 32.7 Å².